The first kappa shape index (κ1) is 11.2. The number of amides is 1. The molecule has 0 aromatic heterocycles. The first-order chi connectivity index (χ1) is 7.59. The first-order valence-corrected chi connectivity index (χ1v) is 5.82. The fraction of sp³-hybridized carbons (Fsp3) is 0.667. The molecule has 1 aliphatic heterocycles. The third-order valence-electron chi connectivity index (χ3n) is 3.27. The minimum Gasteiger partial charge on any atom is -0.383 e. The second-order valence-electron chi connectivity index (χ2n) is 4.76. The molecule has 4 heteroatoms. The van der Waals surface area contributed by atoms with Crippen LogP contribution in [0.15, 0.2) is 11.8 Å². The molecule has 1 heterocycles. The maximum atomic E-state index is 12.1. The molecule has 0 aromatic rings. The Morgan fingerprint density at radius 1 is 1.31 bits per heavy atom. The number of likely N-dealkylation sites (tertiary alicyclic amines) is 1. The molecule has 0 spiro atoms. The van der Waals surface area contributed by atoms with Crippen molar-refractivity contribution in [1.29, 1.82) is 0 Å². The van der Waals surface area contributed by atoms with Gasteiger partial charge in [0.15, 0.2) is 5.78 Å². The summed E-state index contributed by atoms with van der Waals surface area (Å²) in [5.74, 6) is -0.0936. The van der Waals surface area contributed by atoms with Crippen LogP contribution in [0.5, 0.6) is 0 Å². The third kappa shape index (κ3) is 1.96. The van der Waals surface area contributed by atoms with Gasteiger partial charge in [-0.05, 0) is 19.3 Å². The molecule has 4 nitrogen and oxygen atoms in total. The fourth-order valence-electron chi connectivity index (χ4n) is 2.16. The van der Waals surface area contributed by atoms with Crippen molar-refractivity contribution in [2.45, 2.75) is 31.7 Å². The van der Waals surface area contributed by atoms with Crippen molar-refractivity contribution in [3.63, 3.8) is 0 Å². The van der Waals surface area contributed by atoms with Gasteiger partial charge in [-0.2, -0.15) is 0 Å². The molecule has 2 rings (SSSR count). The Hall–Kier alpha value is -1.32. The van der Waals surface area contributed by atoms with Gasteiger partial charge in [-0.25, -0.2) is 0 Å². The standard InChI is InChI=1S/C12H18N2O2/c1-13(2)8-10-11(15)6-7-14(12(10)16)9-4-3-5-9/h8-9H,3-7H2,1-2H3/b10-8+. The van der Waals surface area contributed by atoms with Crippen molar-refractivity contribution in [1.82, 2.24) is 9.80 Å². The zero-order valence-electron chi connectivity index (χ0n) is 9.90. The van der Waals surface area contributed by atoms with E-state index in [0.717, 1.165) is 12.8 Å². The van der Waals surface area contributed by atoms with Gasteiger partial charge in [0, 0.05) is 39.3 Å². The third-order valence-corrected chi connectivity index (χ3v) is 3.27. The second-order valence-corrected chi connectivity index (χ2v) is 4.76. The summed E-state index contributed by atoms with van der Waals surface area (Å²) in [6.45, 7) is 0.604. The number of carbonyl (C=O) groups excluding carboxylic acids is 2. The van der Waals surface area contributed by atoms with E-state index in [0.29, 0.717) is 24.6 Å². The Morgan fingerprint density at radius 3 is 2.50 bits per heavy atom. The molecular weight excluding hydrogens is 204 g/mol. The van der Waals surface area contributed by atoms with Gasteiger partial charge in [-0.1, -0.05) is 0 Å². The van der Waals surface area contributed by atoms with Gasteiger partial charge >= 0.3 is 0 Å². The quantitative estimate of drug-likeness (QED) is 0.512. The number of rotatable bonds is 2. The van der Waals surface area contributed by atoms with Crippen molar-refractivity contribution in [3.05, 3.63) is 11.8 Å². The van der Waals surface area contributed by atoms with Crippen molar-refractivity contribution >= 4 is 11.7 Å². The summed E-state index contributed by atoms with van der Waals surface area (Å²) >= 11 is 0. The molecule has 1 saturated carbocycles. The summed E-state index contributed by atoms with van der Waals surface area (Å²) in [6.07, 6.45) is 5.51. The van der Waals surface area contributed by atoms with E-state index in [4.69, 9.17) is 0 Å². The summed E-state index contributed by atoms with van der Waals surface area (Å²) in [4.78, 5) is 27.4. The minimum atomic E-state index is -0.0744. The van der Waals surface area contributed by atoms with Gasteiger partial charge in [0.25, 0.3) is 5.91 Å². The molecule has 0 bridgehead atoms. The lowest BCUT2D eigenvalue weighted by Gasteiger charge is -2.40. The Morgan fingerprint density at radius 2 is 2.00 bits per heavy atom. The van der Waals surface area contributed by atoms with Gasteiger partial charge < -0.3 is 9.80 Å². The first-order valence-electron chi connectivity index (χ1n) is 5.82. The zero-order chi connectivity index (χ0) is 11.7. The van der Waals surface area contributed by atoms with E-state index < -0.39 is 0 Å². The van der Waals surface area contributed by atoms with Gasteiger partial charge in [-0.3, -0.25) is 9.59 Å². The molecule has 0 atom stereocenters. The number of Topliss-reactive ketones (excluding diaryl/α,β-unsaturated/α-hetero) is 1. The molecule has 0 N–H and O–H groups in total. The highest BCUT2D eigenvalue weighted by Gasteiger charge is 2.36. The number of hydrogen-bond acceptors (Lipinski definition) is 3. The SMILES string of the molecule is CN(C)/C=C1\C(=O)CCN(C2CCC2)C1=O. The van der Waals surface area contributed by atoms with Gasteiger partial charge in [0.05, 0.1) is 5.57 Å². The van der Waals surface area contributed by atoms with Crippen LogP contribution in [0.1, 0.15) is 25.7 Å². The maximum absolute atomic E-state index is 12.1. The normalized spacial score (nSPS) is 24.9. The average molecular weight is 222 g/mol. The summed E-state index contributed by atoms with van der Waals surface area (Å²) in [6, 6.07) is 0.381. The molecule has 1 aliphatic carbocycles. The summed E-state index contributed by atoms with van der Waals surface area (Å²) in [5, 5.41) is 0. The number of ketones is 1. The Kier molecular flexibility index (Phi) is 2.99. The van der Waals surface area contributed by atoms with E-state index >= 15 is 0 Å². The van der Waals surface area contributed by atoms with E-state index in [1.165, 1.54) is 6.42 Å². The Balaban J connectivity index is 2.16. The molecule has 0 radical (unpaired) electrons. The molecule has 2 aliphatic rings. The predicted octanol–water partition coefficient (Wildman–Crippen LogP) is 0.786. The summed E-state index contributed by atoms with van der Waals surface area (Å²) < 4.78 is 0. The van der Waals surface area contributed by atoms with E-state index in [2.05, 4.69) is 0 Å². The molecule has 16 heavy (non-hydrogen) atoms. The Bertz CT molecular complexity index is 343. The number of nitrogens with zero attached hydrogens (tertiary/aromatic N) is 2. The molecule has 1 amide bonds. The lowest BCUT2D eigenvalue weighted by atomic mass is 9.89. The van der Waals surface area contributed by atoms with Crippen molar-refractivity contribution in [2.75, 3.05) is 20.6 Å². The van der Waals surface area contributed by atoms with Crippen LogP contribution in [0, 0.1) is 0 Å². The van der Waals surface area contributed by atoms with Crippen LogP contribution in [0.25, 0.3) is 0 Å². The monoisotopic (exact) mass is 222 g/mol. The van der Waals surface area contributed by atoms with E-state index in [9.17, 15) is 9.59 Å². The molecule has 1 saturated heterocycles. The average Bonchev–Trinajstić information content (AvgIpc) is 2.13. The van der Waals surface area contributed by atoms with Crippen molar-refractivity contribution in [2.24, 2.45) is 0 Å². The number of hydrogen-bond donors (Lipinski definition) is 0. The van der Waals surface area contributed by atoms with E-state index in [1.54, 1.807) is 11.1 Å². The van der Waals surface area contributed by atoms with Crippen molar-refractivity contribution in [3.8, 4) is 0 Å². The highest BCUT2D eigenvalue weighted by Crippen LogP contribution is 2.28. The lowest BCUT2D eigenvalue weighted by molar-refractivity contribution is -0.137. The molecule has 88 valence electrons. The second kappa shape index (κ2) is 4.28. The smallest absolute Gasteiger partial charge is 0.259 e. The van der Waals surface area contributed by atoms with E-state index in [-0.39, 0.29) is 11.7 Å². The van der Waals surface area contributed by atoms with Crippen molar-refractivity contribution < 1.29 is 9.59 Å². The van der Waals surface area contributed by atoms with Gasteiger partial charge in [0.1, 0.15) is 0 Å². The Labute approximate surface area is 95.9 Å². The van der Waals surface area contributed by atoms with E-state index in [1.807, 2.05) is 19.0 Å². The van der Waals surface area contributed by atoms with Crippen LogP contribution >= 0.6 is 0 Å². The summed E-state index contributed by atoms with van der Waals surface area (Å²) in [5.41, 5.74) is 0.350. The van der Waals surface area contributed by atoms with Crippen LogP contribution in [0.3, 0.4) is 0 Å². The topological polar surface area (TPSA) is 40.6 Å². The van der Waals surface area contributed by atoms with Crippen LogP contribution in [-0.2, 0) is 9.59 Å². The summed E-state index contributed by atoms with van der Waals surface area (Å²) in [7, 11) is 3.66. The molecule has 0 unspecified atom stereocenters. The lowest BCUT2D eigenvalue weighted by Crippen LogP contribution is -2.49. The van der Waals surface area contributed by atoms with Crippen LogP contribution in [0.4, 0.5) is 0 Å². The van der Waals surface area contributed by atoms with Gasteiger partial charge in [0.2, 0.25) is 0 Å². The van der Waals surface area contributed by atoms with Crippen LogP contribution in [-0.4, -0.2) is 48.2 Å². The molecule has 2 fully saturated rings. The van der Waals surface area contributed by atoms with Crippen LogP contribution in [0.2, 0.25) is 0 Å². The largest absolute Gasteiger partial charge is 0.383 e. The minimum absolute atomic E-state index is 0.0192. The molecule has 0 aromatic carbocycles. The van der Waals surface area contributed by atoms with Crippen LogP contribution < -0.4 is 0 Å². The highest BCUT2D eigenvalue weighted by atomic mass is 16.2. The fourth-order valence-corrected chi connectivity index (χ4v) is 2.16. The maximum Gasteiger partial charge on any atom is 0.259 e. The number of carbonyl (C=O) groups is 2. The predicted molar refractivity (Wildman–Crippen MR) is 60.7 cm³/mol. The number of piperidine rings is 1. The van der Waals surface area contributed by atoms with Gasteiger partial charge in [-0.15, -0.1) is 0 Å². The zero-order valence-corrected chi connectivity index (χ0v) is 9.90. The highest BCUT2D eigenvalue weighted by molar-refractivity contribution is 6.20. The molecular formula is C12H18N2O2.